The maximum atomic E-state index is 13.0. The van der Waals surface area contributed by atoms with Gasteiger partial charge in [0.15, 0.2) is 0 Å². The zero-order valence-corrected chi connectivity index (χ0v) is 11.3. The molecule has 3 rings (SSSR count). The van der Waals surface area contributed by atoms with E-state index in [1.54, 1.807) is 22.0 Å². The van der Waals surface area contributed by atoms with Crippen molar-refractivity contribution in [3.05, 3.63) is 47.0 Å². The Morgan fingerprint density at radius 1 is 1.45 bits per heavy atom. The van der Waals surface area contributed by atoms with Crippen molar-refractivity contribution in [2.45, 2.75) is 12.5 Å². The molecule has 0 saturated carbocycles. The number of amides is 1. The van der Waals surface area contributed by atoms with Crippen molar-refractivity contribution < 1.29 is 9.18 Å². The molecule has 1 unspecified atom stereocenters. The van der Waals surface area contributed by atoms with Gasteiger partial charge < -0.3 is 4.90 Å². The largest absolute Gasteiger partial charge is 0.336 e. The number of hydrogen-bond donors (Lipinski definition) is 0. The molecule has 0 radical (unpaired) electrons. The first-order chi connectivity index (χ1) is 9.65. The number of carbonyl (C=O) groups excluding carboxylic acids is 1. The van der Waals surface area contributed by atoms with Crippen molar-refractivity contribution in [2.24, 2.45) is 0 Å². The highest BCUT2D eigenvalue weighted by Crippen LogP contribution is 2.25. The van der Waals surface area contributed by atoms with E-state index >= 15 is 0 Å². The second-order valence-electron chi connectivity index (χ2n) is 4.70. The number of likely N-dealkylation sites (tertiary alicyclic amines) is 1. The lowest BCUT2D eigenvalue weighted by molar-refractivity contribution is 0.0787. The van der Waals surface area contributed by atoms with Gasteiger partial charge in [0.1, 0.15) is 5.82 Å². The third kappa shape index (κ3) is 2.38. The van der Waals surface area contributed by atoms with Gasteiger partial charge in [0, 0.05) is 19.3 Å². The van der Waals surface area contributed by atoms with E-state index in [-0.39, 0.29) is 17.0 Å². The third-order valence-corrected chi connectivity index (χ3v) is 3.74. The monoisotopic (exact) mass is 294 g/mol. The van der Waals surface area contributed by atoms with Crippen LogP contribution in [-0.4, -0.2) is 38.9 Å². The van der Waals surface area contributed by atoms with Crippen LogP contribution in [0.1, 0.15) is 22.8 Å². The van der Waals surface area contributed by atoms with Gasteiger partial charge in [-0.15, -0.1) is 5.10 Å². The van der Waals surface area contributed by atoms with Crippen molar-refractivity contribution in [3.63, 3.8) is 0 Å². The minimum atomic E-state index is -0.450. The van der Waals surface area contributed by atoms with Gasteiger partial charge in [-0.1, -0.05) is 16.8 Å². The molecular weight excluding hydrogens is 283 g/mol. The maximum absolute atomic E-state index is 13.0. The fourth-order valence-electron chi connectivity index (χ4n) is 2.39. The van der Waals surface area contributed by atoms with Crippen LogP contribution >= 0.6 is 11.6 Å². The van der Waals surface area contributed by atoms with Gasteiger partial charge in [0.2, 0.25) is 0 Å². The van der Waals surface area contributed by atoms with Crippen LogP contribution in [0.4, 0.5) is 4.39 Å². The van der Waals surface area contributed by atoms with Gasteiger partial charge in [0.05, 0.1) is 22.8 Å². The fourth-order valence-corrected chi connectivity index (χ4v) is 2.64. The summed E-state index contributed by atoms with van der Waals surface area (Å²) < 4.78 is 14.8. The van der Waals surface area contributed by atoms with Crippen molar-refractivity contribution in [1.29, 1.82) is 0 Å². The van der Waals surface area contributed by atoms with Crippen LogP contribution in [0.5, 0.6) is 0 Å². The SMILES string of the molecule is O=C(c1ccc(F)cc1Cl)N1CCC(n2ccnn2)C1. The summed E-state index contributed by atoms with van der Waals surface area (Å²) in [5.41, 5.74) is 0.326. The number of halogens is 2. The molecule has 20 heavy (non-hydrogen) atoms. The summed E-state index contributed by atoms with van der Waals surface area (Å²) in [6, 6.07) is 3.94. The number of benzene rings is 1. The van der Waals surface area contributed by atoms with E-state index in [2.05, 4.69) is 10.3 Å². The Morgan fingerprint density at radius 3 is 3.00 bits per heavy atom. The zero-order chi connectivity index (χ0) is 14.1. The van der Waals surface area contributed by atoms with Crippen LogP contribution in [0.15, 0.2) is 30.6 Å². The van der Waals surface area contributed by atoms with Gasteiger partial charge >= 0.3 is 0 Å². The van der Waals surface area contributed by atoms with Crippen molar-refractivity contribution in [1.82, 2.24) is 19.9 Å². The third-order valence-electron chi connectivity index (χ3n) is 3.43. The summed E-state index contributed by atoms with van der Waals surface area (Å²) in [4.78, 5) is 14.1. The predicted octanol–water partition coefficient (Wildman–Crippen LogP) is 2.16. The maximum Gasteiger partial charge on any atom is 0.255 e. The number of hydrogen-bond acceptors (Lipinski definition) is 3. The van der Waals surface area contributed by atoms with E-state index in [1.165, 1.54) is 12.1 Å². The lowest BCUT2D eigenvalue weighted by Gasteiger charge is -2.17. The molecule has 7 heteroatoms. The van der Waals surface area contributed by atoms with Gasteiger partial charge in [0.25, 0.3) is 5.91 Å². The highest BCUT2D eigenvalue weighted by molar-refractivity contribution is 6.33. The molecule has 0 bridgehead atoms. The van der Waals surface area contributed by atoms with Crippen LogP contribution < -0.4 is 0 Å². The summed E-state index contributed by atoms with van der Waals surface area (Å²) in [5.74, 6) is -0.633. The first-order valence-corrected chi connectivity index (χ1v) is 6.63. The van der Waals surface area contributed by atoms with Crippen LogP contribution in [0.2, 0.25) is 5.02 Å². The smallest absolute Gasteiger partial charge is 0.255 e. The topological polar surface area (TPSA) is 51.0 Å². The molecule has 0 N–H and O–H groups in total. The van der Waals surface area contributed by atoms with E-state index in [0.29, 0.717) is 18.7 Å². The lowest BCUT2D eigenvalue weighted by atomic mass is 10.2. The van der Waals surface area contributed by atoms with Crippen LogP contribution in [-0.2, 0) is 0 Å². The van der Waals surface area contributed by atoms with Crippen molar-refractivity contribution in [2.75, 3.05) is 13.1 Å². The fraction of sp³-hybridized carbons (Fsp3) is 0.308. The summed E-state index contributed by atoms with van der Waals surface area (Å²) in [6.07, 6.45) is 4.21. The predicted molar refractivity (Wildman–Crippen MR) is 71.0 cm³/mol. The number of nitrogens with zero attached hydrogens (tertiary/aromatic N) is 4. The Labute approximate surface area is 119 Å². The highest BCUT2D eigenvalue weighted by Gasteiger charge is 2.29. The Hall–Kier alpha value is -1.95. The molecule has 1 aromatic heterocycles. The summed E-state index contributed by atoms with van der Waals surface area (Å²) in [5, 5.41) is 7.85. The number of rotatable bonds is 2. The Kier molecular flexibility index (Phi) is 3.40. The van der Waals surface area contributed by atoms with E-state index in [9.17, 15) is 9.18 Å². The first-order valence-electron chi connectivity index (χ1n) is 6.25. The molecule has 2 heterocycles. The molecular formula is C13H12ClFN4O. The number of aromatic nitrogens is 3. The van der Waals surface area contributed by atoms with Gasteiger partial charge in [-0.2, -0.15) is 0 Å². The van der Waals surface area contributed by atoms with Crippen molar-refractivity contribution in [3.8, 4) is 0 Å². The molecule has 1 fully saturated rings. The molecule has 0 aliphatic carbocycles. The van der Waals surface area contributed by atoms with Gasteiger partial charge in [-0.05, 0) is 24.6 Å². The average Bonchev–Trinajstić information content (AvgIpc) is 3.09. The lowest BCUT2D eigenvalue weighted by Crippen LogP contribution is -2.29. The van der Waals surface area contributed by atoms with Crippen molar-refractivity contribution >= 4 is 17.5 Å². The van der Waals surface area contributed by atoms with Crippen LogP contribution in [0.25, 0.3) is 0 Å². The molecule has 1 amide bonds. The molecule has 2 aromatic rings. The van der Waals surface area contributed by atoms with E-state index < -0.39 is 5.82 Å². The minimum absolute atomic E-state index is 0.126. The van der Waals surface area contributed by atoms with Crippen LogP contribution in [0.3, 0.4) is 0 Å². The Morgan fingerprint density at radius 2 is 2.30 bits per heavy atom. The molecule has 5 nitrogen and oxygen atoms in total. The van der Waals surface area contributed by atoms with E-state index in [1.807, 2.05) is 0 Å². The second-order valence-corrected chi connectivity index (χ2v) is 5.11. The minimum Gasteiger partial charge on any atom is -0.336 e. The average molecular weight is 295 g/mol. The molecule has 1 aliphatic heterocycles. The second kappa shape index (κ2) is 5.20. The van der Waals surface area contributed by atoms with Gasteiger partial charge in [-0.25, -0.2) is 9.07 Å². The van der Waals surface area contributed by atoms with Crippen LogP contribution in [0, 0.1) is 5.82 Å². The molecule has 1 atom stereocenters. The summed E-state index contributed by atoms with van der Waals surface area (Å²) in [7, 11) is 0. The summed E-state index contributed by atoms with van der Waals surface area (Å²) >= 11 is 5.92. The highest BCUT2D eigenvalue weighted by atomic mass is 35.5. The van der Waals surface area contributed by atoms with Gasteiger partial charge in [-0.3, -0.25) is 4.79 Å². The summed E-state index contributed by atoms with van der Waals surface area (Å²) in [6.45, 7) is 1.17. The normalized spacial score (nSPS) is 18.5. The Balaban J connectivity index is 1.76. The molecule has 0 spiro atoms. The molecule has 1 aromatic carbocycles. The molecule has 1 aliphatic rings. The van der Waals surface area contributed by atoms with E-state index in [4.69, 9.17) is 11.6 Å². The standard InChI is InChI=1S/C13H12ClFN4O/c14-12-7-9(15)1-2-11(12)13(20)18-5-3-10(8-18)19-6-4-16-17-19/h1-2,4,6-7,10H,3,5,8H2. The zero-order valence-electron chi connectivity index (χ0n) is 10.5. The molecule has 1 saturated heterocycles. The Bertz CT molecular complexity index is 631. The molecule has 104 valence electrons. The number of carbonyl (C=O) groups is 1. The quantitative estimate of drug-likeness (QED) is 0.853. The first kappa shape index (κ1) is 13.1. The van der Waals surface area contributed by atoms with E-state index in [0.717, 1.165) is 12.5 Å².